The Balaban J connectivity index is 2.36. The minimum Gasteiger partial charge on any atom is -0.480 e. The van der Waals surface area contributed by atoms with Crippen LogP contribution in [0.15, 0.2) is 45.5 Å². The summed E-state index contributed by atoms with van der Waals surface area (Å²) in [6.07, 6.45) is 0. The zero-order chi connectivity index (χ0) is 16.5. The summed E-state index contributed by atoms with van der Waals surface area (Å²) in [4.78, 5) is 34.6. The quantitative estimate of drug-likeness (QED) is 0.622. The molecule has 22 heavy (non-hydrogen) atoms. The van der Waals surface area contributed by atoms with Crippen molar-refractivity contribution < 1.29 is 29.0 Å². The molecule has 0 saturated heterocycles. The number of furan rings is 1. The van der Waals surface area contributed by atoms with Gasteiger partial charge in [-0.15, -0.1) is 0 Å². The van der Waals surface area contributed by atoms with E-state index in [2.05, 4.69) is 15.9 Å². The fourth-order valence-electron chi connectivity index (χ4n) is 1.87. The van der Waals surface area contributed by atoms with Crippen LogP contribution in [0.1, 0.15) is 28.6 Å². The van der Waals surface area contributed by atoms with Crippen molar-refractivity contribution in [3.8, 4) is 0 Å². The van der Waals surface area contributed by atoms with E-state index >= 15 is 0 Å². The molecule has 0 radical (unpaired) electrons. The number of benzene rings is 1. The molecule has 6 nitrogen and oxygen atoms in total. The number of carboxylic acids is 2. The van der Waals surface area contributed by atoms with E-state index < -0.39 is 17.4 Å². The first-order chi connectivity index (χ1) is 10.3. The van der Waals surface area contributed by atoms with Crippen LogP contribution in [0.4, 0.5) is 0 Å². The highest BCUT2D eigenvalue weighted by Gasteiger charge is 2.43. The molecule has 0 unspecified atom stereocenters. The molecule has 2 aromatic rings. The molecule has 0 saturated carbocycles. The molecule has 0 spiro atoms. The SMILES string of the molecule is CC(C(=O)O)(C(=O)O)c1ccc(C(=O)c2ccc(Br)o2)cc1. The summed E-state index contributed by atoms with van der Waals surface area (Å²) in [6.45, 7) is 1.10. The second kappa shape index (κ2) is 5.76. The third-order valence-electron chi connectivity index (χ3n) is 3.38. The number of carboxylic acid groups (broad SMARTS) is 2. The van der Waals surface area contributed by atoms with Crippen molar-refractivity contribution in [1.82, 2.24) is 0 Å². The first-order valence-electron chi connectivity index (χ1n) is 6.14. The lowest BCUT2D eigenvalue weighted by molar-refractivity contribution is -0.156. The lowest BCUT2D eigenvalue weighted by Crippen LogP contribution is -2.40. The van der Waals surface area contributed by atoms with Gasteiger partial charge in [0.1, 0.15) is 0 Å². The van der Waals surface area contributed by atoms with E-state index in [1.807, 2.05) is 0 Å². The van der Waals surface area contributed by atoms with Crippen LogP contribution in [-0.4, -0.2) is 27.9 Å². The summed E-state index contributed by atoms with van der Waals surface area (Å²) in [7, 11) is 0. The molecule has 1 aromatic carbocycles. The van der Waals surface area contributed by atoms with Gasteiger partial charge in [-0.25, -0.2) is 0 Å². The summed E-state index contributed by atoms with van der Waals surface area (Å²) in [6, 6.07) is 8.45. The topological polar surface area (TPSA) is 105 Å². The van der Waals surface area contributed by atoms with Crippen molar-refractivity contribution in [1.29, 1.82) is 0 Å². The van der Waals surface area contributed by atoms with E-state index in [1.165, 1.54) is 30.3 Å². The van der Waals surface area contributed by atoms with Gasteiger partial charge in [0.25, 0.3) is 0 Å². The van der Waals surface area contributed by atoms with Crippen LogP contribution in [0.5, 0.6) is 0 Å². The lowest BCUT2D eigenvalue weighted by Gasteiger charge is -2.20. The zero-order valence-corrected chi connectivity index (χ0v) is 13.0. The van der Waals surface area contributed by atoms with Gasteiger partial charge < -0.3 is 14.6 Å². The van der Waals surface area contributed by atoms with Gasteiger partial charge in [0.05, 0.1) is 0 Å². The average molecular weight is 367 g/mol. The Bertz CT molecular complexity index is 730. The predicted molar refractivity (Wildman–Crippen MR) is 78.9 cm³/mol. The van der Waals surface area contributed by atoms with Crippen LogP contribution < -0.4 is 0 Å². The summed E-state index contributed by atoms with van der Waals surface area (Å²) in [5, 5.41) is 18.3. The van der Waals surface area contributed by atoms with Gasteiger partial charge in [-0.05, 0) is 40.5 Å². The van der Waals surface area contributed by atoms with E-state index in [0.29, 0.717) is 4.67 Å². The fraction of sp³-hybridized carbons (Fsp3) is 0.133. The van der Waals surface area contributed by atoms with Crippen molar-refractivity contribution in [2.45, 2.75) is 12.3 Å². The maximum atomic E-state index is 12.1. The molecule has 0 atom stereocenters. The van der Waals surface area contributed by atoms with E-state index in [4.69, 9.17) is 14.6 Å². The summed E-state index contributed by atoms with van der Waals surface area (Å²) < 4.78 is 5.57. The standard InChI is InChI=1S/C15H11BrO6/c1-15(13(18)19,14(20)21)9-4-2-8(3-5-9)12(17)10-6-7-11(16)22-10/h2-7H,1H3,(H,18,19)(H,20,21). The lowest BCUT2D eigenvalue weighted by atomic mass is 9.82. The van der Waals surface area contributed by atoms with Gasteiger partial charge >= 0.3 is 11.9 Å². The molecular formula is C15H11BrO6. The molecule has 114 valence electrons. The van der Waals surface area contributed by atoms with Crippen LogP contribution in [0, 0.1) is 0 Å². The average Bonchev–Trinajstić information content (AvgIpc) is 2.92. The molecular weight excluding hydrogens is 356 g/mol. The number of aliphatic carboxylic acids is 2. The number of hydrogen-bond acceptors (Lipinski definition) is 4. The third kappa shape index (κ3) is 2.67. The molecule has 0 bridgehead atoms. The minimum absolute atomic E-state index is 0.0738. The van der Waals surface area contributed by atoms with E-state index in [1.54, 1.807) is 6.07 Å². The van der Waals surface area contributed by atoms with Gasteiger partial charge in [0, 0.05) is 5.56 Å². The largest absolute Gasteiger partial charge is 0.480 e. The Kier molecular flexibility index (Phi) is 4.18. The first-order valence-corrected chi connectivity index (χ1v) is 6.93. The smallest absolute Gasteiger partial charge is 0.325 e. The predicted octanol–water partition coefficient (Wildman–Crippen LogP) is 2.70. The molecule has 1 aromatic heterocycles. The third-order valence-corrected chi connectivity index (χ3v) is 3.80. The van der Waals surface area contributed by atoms with Gasteiger partial charge in [-0.3, -0.25) is 14.4 Å². The molecule has 7 heteroatoms. The monoisotopic (exact) mass is 366 g/mol. The van der Waals surface area contributed by atoms with Crippen molar-refractivity contribution in [3.05, 3.63) is 58.0 Å². The molecule has 2 N–H and O–H groups in total. The molecule has 0 aliphatic carbocycles. The highest BCUT2D eigenvalue weighted by atomic mass is 79.9. The second-order valence-corrected chi connectivity index (χ2v) is 5.53. The Labute approximate surface area is 133 Å². The molecule has 0 fully saturated rings. The molecule has 0 aliphatic rings. The molecule has 1 heterocycles. The number of rotatable bonds is 5. The van der Waals surface area contributed by atoms with Gasteiger partial charge in [0.2, 0.25) is 5.78 Å². The highest BCUT2D eigenvalue weighted by Crippen LogP contribution is 2.26. The van der Waals surface area contributed by atoms with Gasteiger partial charge in [-0.2, -0.15) is 0 Å². The zero-order valence-electron chi connectivity index (χ0n) is 11.4. The highest BCUT2D eigenvalue weighted by molar-refractivity contribution is 9.10. The molecule has 0 aliphatic heterocycles. The van der Waals surface area contributed by atoms with E-state index in [9.17, 15) is 14.4 Å². The number of carbonyl (C=O) groups is 3. The van der Waals surface area contributed by atoms with E-state index in [0.717, 1.165) is 6.92 Å². The van der Waals surface area contributed by atoms with Gasteiger partial charge in [0.15, 0.2) is 15.8 Å². The van der Waals surface area contributed by atoms with E-state index in [-0.39, 0.29) is 22.7 Å². The number of halogens is 1. The van der Waals surface area contributed by atoms with Crippen LogP contribution in [0.25, 0.3) is 0 Å². The minimum atomic E-state index is -2.07. The summed E-state index contributed by atoms with van der Waals surface area (Å²) >= 11 is 3.09. The normalized spacial score (nSPS) is 11.2. The Morgan fingerprint density at radius 3 is 1.95 bits per heavy atom. The summed E-state index contributed by atoms with van der Waals surface area (Å²) in [5.41, 5.74) is -1.73. The Morgan fingerprint density at radius 2 is 1.55 bits per heavy atom. The van der Waals surface area contributed by atoms with Crippen LogP contribution in [-0.2, 0) is 15.0 Å². The van der Waals surface area contributed by atoms with Crippen molar-refractivity contribution in [2.24, 2.45) is 0 Å². The maximum absolute atomic E-state index is 12.1. The second-order valence-electron chi connectivity index (χ2n) is 4.75. The Morgan fingerprint density at radius 1 is 1.00 bits per heavy atom. The van der Waals surface area contributed by atoms with Crippen molar-refractivity contribution >= 4 is 33.7 Å². The summed E-state index contributed by atoms with van der Waals surface area (Å²) in [5.74, 6) is -3.22. The number of carbonyl (C=O) groups excluding carboxylic acids is 1. The van der Waals surface area contributed by atoms with Crippen molar-refractivity contribution in [2.75, 3.05) is 0 Å². The number of hydrogen-bond donors (Lipinski definition) is 2. The van der Waals surface area contributed by atoms with Crippen molar-refractivity contribution in [3.63, 3.8) is 0 Å². The fourth-order valence-corrected chi connectivity index (χ4v) is 2.18. The maximum Gasteiger partial charge on any atom is 0.325 e. The number of ketones is 1. The van der Waals surface area contributed by atoms with Gasteiger partial charge in [-0.1, -0.05) is 24.3 Å². The molecule has 2 rings (SSSR count). The molecule has 0 amide bonds. The first kappa shape index (κ1) is 16.0. The van der Waals surface area contributed by atoms with Crippen LogP contribution >= 0.6 is 15.9 Å². The van der Waals surface area contributed by atoms with Crippen LogP contribution in [0.3, 0.4) is 0 Å². The Hall–Kier alpha value is -2.41. The van der Waals surface area contributed by atoms with Crippen LogP contribution in [0.2, 0.25) is 0 Å².